The number of nitrogens with zero attached hydrogens (tertiary/aromatic N) is 5. The van der Waals surface area contributed by atoms with Gasteiger partial charge in [-0.2, -0.15) is 25.5 Å². The van der Waals surface area contributed by atoms with Gasteiger partial charge in [0.05, 0.1) is 17.7 Å². The van der Waals surface area contributed by atoms with Gasteiger partial charge in [0.2, 0.25) is 0 Å². The number of alkyl halides is 5. The lowest BCUT2D eigenvalue weighted by Crippen LogP contribution is -2.59. The molecule has 264 valence electrons. The Kier molecular flexibility index (Phi) is 9.39. The summed E-state index contributed by atoms with van der Waals surface area (Å²) < 4.78 is 111. The number of halogens is 6. The van der Waals surface area contributed by atoms with Crippen LogP contribution in [0.5, 0.6) is 0 Å². The number of sulfonamides is 1. The van der Waals surface area contributed by atoms with Crippen molar-refractivity contribution in [2.75, 3.05) is 37.6 Å². The van der Waals surface area contributed by atoms with Gasteiger partial charge in [-0.05, 0) is 66.2 Å². The second-order valence-corrected chi connectivity index (χ2v) is 14.7. The van der Waals surface area contributed by atoms with Crippen molar-refractivity contribution in [3.05, 3.63) is 108 Å². The van der Waals surface area contributed by atoms with Gasteiger partial charge >= 0.3 is 22.1 Å². The summed E-state index contributed by atoms with van der Waals surface area (Å²) >= 11 is 0. The predicted octanol–water partition coefficient (Wildman–Crippen LogP) is 5.22. The van der Waals surface area contributed by atoms with Crippen LogP contribution in [0.1, 0.15) is 23.1 Å². The fourth-order valence-corrected chi connectivity index (χ4v) is 8.75. The van der Waals surface area contributed by atoms with E-state index >= 15 is 8.78 Å². The maximum absolute atomic E-state index is 15.2. The number of pyridine rings is 2. The first-order valence-corrected chi connectivity index (χ1v) is 17.1. The zero-order valence-electron chi connectivity index (χ0n) is 26.5. The topological polar surface area (TPSA) is 109 Å². The van der Waals surface area contributed by atoms with Gasteiger partial charge in [0.25, 0.3) is 5.91 Å². The molecule has 16 heteroatoms. The third-order valence-corrected chi connectivity index (χ3v) is 11.5. The van der Waals surface area contributed by atoms with Gasteiger partial charge < -0.3 is 10.6 Å². The molecule has 2 aliphatic rings. The zero-order chi connectivity index (χ0) is 35.9. The van der Waals surface area contributed by atoms with Crippen LogP contribution in [0.25, 0.3) is 11.3 Å². The minimum absolute atomic E-state index is 0.171. The number of carbonyl (C=O) groups excluding carboxylic acids is 1. The average Bonchev–Trinajstić information content (AvgIpc) is 3.37. The number of anilines is 1. The van der Waals surface area contributed by atoms with Crippen molar-refractivity contribution in [3.8, 4) is 11.3 Å². The smallest absolute Gasteiger partial charge is 0.364 e. The highest BCUT2D eigenvalue weighted by atomic mass is 32.2. The largest absolute Gasteiger partial charge is 0.416 e. The monoisotopic (exact) mass is 719 g/mol. The molecule has 2 fully saturated rings. The Labute approximate surface area is 284 Å². The maximum atomic E-state index is 15.2. The summed E-state index contributed by atoms with van der Waals surface area (Å²) in [6.07, 6.45) is -2.32. The first kappa shape index (κ1) is 35.3. The fraction of sp³-hybridized carbons (Fsp3) is 0.324. The average molecular weight is 720 g/mol. The molecule has 6 rings (SSSR count). The van der Waals surface area contributed by atoms with Crippen molar-refractivity contribution in [1.29, 1.82) is 0 Å². The van der Waals surface area contributed by atoms with Crippen molar-refractivity contribution < 1.29 is 43.4 Å². The normalized spacial score (nSPS) is 21.3. The van der Waals surface area contributed by atoms with Crippen LogP contribution in [0.3, 0.4) is 0 Å². The minimum Gasteiger partial charge on any atom is -0.364 e. The second-order valence-electron chi connectivity index (χ2n) is 12.6. The Morgan fingerprint density at radius 2 is 1.56 bits per heavy atom. The van der Waals surface area contributed by atoms with E-state index in [0.29, 0.717) is 38.5 Å². The zero-order valence-corrected chi connectivity index (χ0v) is 27.3. The van der Waals surface area contributed by atoms with Crippen molar-refractivity contribution >= 4 is 21.7 Å². The molecule has 0 spiro atoms. The standard InChI is InChI=1S/C34H32F6N6O3S/c35-27-5-7-28(8-6-27)50(48,49)46(22-33(36,37)19-30(46)32(41)47)21-24-17-29(25-1-3-26(4-2-25)34(38,39)40)43-31(18-24)45-15-13-44(14-16-45)20-23-9-11-42-12-10-23/h1-12,17-18,30H,13-16,19-22H2,(H-,41,47)/p+1/t30-,46?/m0/s1. The molecule has 0 saturated carbocycles. The van der Waals surface area contributed by atoms with Crippen LogP contribution < -0.4 is 10.6 Å². The molecule has 0 bridgehead atoms. The number of piperazine rings is 1. The van der Waals surface area contributed by atoms with Gasteiger partial charge in [0.1, 0.15) is 23.1 Å². The summed E-state index contributed by atoms with van der Waals surface area (Å²) in [5, 5.41) is 0. The molecule has 2 aromatic carbocycles. The molecule has 2 atom stereocenters. The number of primary amides is 1. The van der Waals surface area contributed by atoms with E-state index in [0.717, 1.165) is 42.0 Å². The molecule has 4 aromatic rings. The van der Waals surface area contributed by atoms with Gasteiger partial charge in [0.15, 0.2) is 12.6 Å². The number of hydrogen-bond acceptors (Lipinski definition) is 7. The molecule has 2 saturated heterocycles. The highest BCUT2D eigenvalue weighted by molar-refractivity contribution is 7.86. The number of aromatic nitrogens is 2. The lowest BCUT2D eigenvalue weighted by molar-refractivity contribution is -0.827. The summed E-state index contributed by atoms with van der Waals surface area (Å²) in [6, 6.07) is 12.8. The molecular formula is C34H33F6N6O3S+. The van der Waals surface area contributed by atoms with Crippen LogP contribution in [0.4, 0.5) is 32.2 Å². The lowest BCUT2D eigenvalue weighted by atomic mass is 10.1. The SMILES string of the molecule is NC(=O)[C@@H]1CC(F)(F)C[N+]1(Cc1cc(-c2ccc(C(F)(F)F)cc2)nc(N2CCN(Cc3ccncc3)CC2)c1)S(=O)(=O)c1ccc(F)cc1. The molecule has 2 N–H and O–H groups in total. The molecule has 1 unspecified atom stereocenters. The van der Waals surface area contributed by atoms with Crippen molar-refractivity contribution in [2.24, 2.45) is 5.73 Å². The highest BCUT2D eigenvalue weighted by Gasteiger charge is 2.65. The van der Waals surface area contributed by atoms with E-state index in [1.165, 1.54) is 18.2 Å². The molecule has 4 heterocycles. The summed E-state index contributed by atoms with van der Waals surface area (Å²) in [4.78, 5) is 25.1. The molecule has 2 aliphatic heterocycles. The molecule has 9 nitrogen and oxygen atoms in total. The van der Waals surface area contributed by atoms with Crippen molar-refractivity contribution in [2.45, 2.75) is 42.5 Å². The second kappa shape index (κ2) is 13.3. The van der Waals surface area contributed by atoms with Crippen LogP contribution in [0.2, 0.25) is 0 Å². The van der Waals surface area contributed by atoms with Gasteiger partial charge in [0, 0.05) is 56.2 Å². The summed E-state index contributed by atoms with van der Waals surface area (Å²) in [7, 11) is -4.83. The molecular weight excluding hydrogens is 686 g/mol. The van der Waals surface area contributed by atoms with Gasteiger partial charge in [-0.1, -0.05) is 12.1 Å². The van der Waals surface area contributed by atoms with Crippen LogP contribution in [0, 0.1) is 5.82 Å². The van der Waals surface area contributed by atoms with E-state index in [9.17, 15) is 30.8 Å². The van der Waals surface area contributed by atoms with E-state index in [1.807, 2.05) is 17.0 Å². The maximum Gasteiger partial charge on any atom is 0.416 e. The quantitative estimate of drug-likeness (QED) is 0.187. The lowest BCUT2D eigenvalue weighted by Gasteiger charge is -2.37. The Hall–Kier alpha value is -4.54. The predicted molar refractivity (Wildman–Crippen MR) is 171 cm³/mol. The van der Waals surface area contributed by atoms with E-state index in [1.54, 1.807) is 18.5 Å². The van der Waals surface area contributed by atoms with E-state index in [-0.39, 0.29) is 16.8 Å². The van der Waals surface area contributed by atoms with Gasteiger partial charge in [-0.15, -0.1) is 0 Å². The summed E-state index contributed by atoms with van der Waals surface area (Å²) in [5.41, 5.74) is 6.40. The third kappa shape index (κ3) is 7.18. The number of likely N-dealkylation sites (tertiary alicyclic amines) is 1. The molecule has 1 amide bonds. The Balaban J connectivity index is 1.42. The number of rotatable bonds is 9. The molecule has 50 heavy (non-hydrogen) atoms. The number of carbonyl (C=O) groups is 1. The van der Waals surface area contributed by atoms with Crippen LogP contribution in [-0.2, 0) is 34.1 Å². The number of nitrogens with two attached hydrogens (primary N) is 1. The summed E-state index contributed by atoms with van der Waals surface area (Å²) in [5.74, 6) is -5.27. The first-order chi connectivity index (χ1) is 23.6. The Bertz CT molecular complexity index is 1960. The van der Waals surface area contributed by atoms with Crippen molar-refractivity contribution in [3.63, 3.8) is 0 Å². The van der Waals surface area contributed by atoms with Crippen molar-refractivity contribution in [1.82, 2.24) is 14.9 Å². The van der Waals surface area contributed by atoms with Crippen LogP contribution >= 0.6 is 0 Å². The molecule has 0 radical (unpaired) electrons. The fourth-order valence-electron chi connectivity index (χ4n) is 6.66. The Morgan fingerprint density at radius 3 is 2.16 bits per heavy atom. The summed E-state index contributed by atoms with van der Waals surface area (Å²) in [6.45, 7) is 0.894. The first-order valence-electron chi connectivity index (χ1n) is 15.7. The van der Waals surface area contributed by atoms with Crippen LogP contribution in [0.15, 0.2) is 90.1 Å². The third-order valence-electron chi connectivity index (χ3n) is 9.16. The number of amides is 1. The minimum atomic E-state index is -4.83. The number of quaternary nitrogens is 1. The van der Waals surface area contributed by atoms with Gasteiger partial charge in [-0.3, -0.25) is 14.7 Å². The van der Waals surface area contributed by atoms with Crippen LogP contribution in [-0.4, -0.2) is 77.8 Å². The van der Waals surface area contributed by atoms with E-state index < -0.39 is 73.7 Å². The number of benzene rings is 2. The van der Waals surface area contributed by atoms with Gasteiger partial charge in [-0.25, -0.2) is 18.2 Å². The van der Waals surface area contributed by atoms with E-state index in [4.69, 9.17) is 10.7 Å². The Morgan fingerprint density at radius 1 is 0.920 bits per heavy atom. The highest BCUT2D eigenvalue weighted by Crippen LogP contribution is 2.45. The number of hydrogen-bond donors (Lipinski definition) is 1. The molecule has 2 aromatic heterocycles. The van der Waals surface area contributed by atoms with E-state index in [2.05, 4.69) is 9.88 Å². The molecule has 0 aliphatic carbocycles.